The van der Waals surface area contributed by atoms with Gasteiger partial charge in [-0.05, 0) is 29.8 Å². The largest absolute Gasteiger partial charge is 0.325 e. The molecule has 1 atom stereocenters. The van der Waals surface area contributed by atoms with Crippen LogP contribution in [0.4, 0.5) is 0 Å². The van der Waals surface area contributed by atoms with E-state index in [1.54, 1.807) is 48.5 Å². The van der Waals surface area contributed by atoms with Crippen LogP contribution in [-0.4, -0.2) is 15.5 Å². The summed E-state index contributed by atoms with van der Waals surface area (Å²) in [7, 11) is 0. The van der Waals surface area contributed by atoms with Crippen LogP contribution in [0.5, 0.6) is 0 Å². The summed E-state index contributed by atoms with van der Waals surface area (Å²) in [4.78, 5) is 29.2. The van der Waals surface area contributed by atoms with Crippen molar-refractivity contribution in [1.82, 2.24) is 14.9 Å². The molecule has 2 aromatic carbocycles. The van der Waals surface area contributed by atoms with E-state index in [2.05, 4.69) is 10.3 Å². The maximum absolute atomic E-state index is 12.7. The molecule has 0 aliphatic carbocycles. The van der Waals surface area contributed by atoms with Crippen LogP contribution in [0.15, 0.2) is 53.3 Å². The molecule has 1 aliphatic heterocycles. The number of benzene rings is 2. The van der Waals surface area contributed by atoms with Gasteiger partial charge in [0.05, 0.1) is 10.9 Å². The van der Waals surface area contributed by atoms with E-state index in [1.165, 1.54) is 4.57 Å². The number of nitrogens with zero attached hydrogens (tertiary/aromatic N) is 2. The summed E-state index contributed by atoms with van der Waals surface area (Å²) >= 11 is 5.89. The molecule has 0 unspecified atom stereocenters. The fourth-order valence-corrected chi connectivity index (χ4v) is 2.80. The highest BCUT2D eigenvalue weighted by molar-refractivity contribution is 6.30. The standard InChI is InChI=1S/C16H10ClN3O2/c17-10-7-5-9(6-8-10)13-19-15(21)14-18-12-4-2-1-3-11(12)16(22)20(13)14/h1-8,13H,(H,19,21)/t13-/m0/s1. The van der Waals surface area contributed by atoms with Crippen LogP contribution in [0.3, 0.4) is 0 Å². The number of amides is 1. The molecule has 0 saturated carbocycles. The third kappa shape index (κ3) is 1.83. The predicted molar refractivity (Wildman–Crippen MR) is 83.1 cm³/mol. The molecule has 2 heterocycles. The summed E-state index contributed by atoms with van der Waals surface area (Å²) in [6, 6.07) is 14.0. The van der Waals surface area contributed by atoms with Crippen molar-refractivity contribution >= 4 is 28.4 Å². The first kappa shape index (κ1) is 13.0. The first-order valence-electron chi connectivity index (χ1n) is 6.73. The van der Waals surface area contributed by atoms with E-state index in [1.807, 2.05) is 0 Å². The minimum Gasteiger partial charge on any atom is -0.325 e. The Bertz CT molecular complexity index is 963. The number of aromatic nitrogens is 2. The quantitative estimate of drug-likeness (QED) is 0.750. The Hall–Kier alpha value is -2.66. The lowest BCUT2D eigenvalue weighted by Crippen LogP contribution is -2.28. The molecule has 0 radical (unpaired) electrons. The van der Waals surface area contributed by atoms with Crippen molar-refractivity contribution in [2.24, 2.45) is 0 Å². The van der Waals surface area contributed by atoms with Gasteiger partial charge in [-0.2, -0.15) is 0 Å². The van der Waals surface area contributed by atoms with Crippen molar-refractivity contribution in [2.45, 2.75) is 6.17 Å². The fraction of sp³-hybridized carbons (Fsp3) is 0.0625. The maximum Gasteiger partial charge on any atom is 0.289 e. The van der Waals surface area contributed by atoms with Crippen LogP contribution < -0.4 is 10.9 Å². The average molecular weight is 312 g/mol. The monoisotopic (exact) mass is 311 g/mol. The highest BCUT2D eigenvalue weighted by atomic mass is 35.5. The molecule has 4 rings (SSSR count). The molecule has 6 heteroatoms. The molecule has 1 amide bonds. The Morgan fingerprint density at radius 1 is 1.05 bits per heavy atom. The SMILES string of the molecule is O=C1N[C@H](c2ccc(Cl)cc2)n2c1nc1ccccc1c2=O. The van der Waals surface area contributed by atoms with Crippen LogP contribution in [-0.2, 0) is 0 Å². The summed E-state index contributed by atoms with van der Waals surface area (Å²) in [5.41, 5.74) is 1.06. The molecule has 0 bridgehead atoms. The average Bonchev–Trinajstić information content (AvgIpc) is 2.86. The number of carbonyl (C=O) groups is 1. The molecule has 0 spiro atoms. The number of hydrogen-bond acceptors (Lipinski definition) is 3. The van der Waals surface area contributed by atoms with Gasteiger partial charge < -0.3 is 5.32 Å². The smallest absolute Gasteiger partial charge is 0.289 e. The number of halogens is 1. The third-order valence-corrected chi connectivity index (χ3v) is 3.97. The fourth-order valence-electron chi connectivity index (χ4n) is 2.68. The second-order valence-electron chi connectivity index (χ2n) is 5.06. The second-order valence-corrected chi connectivity index (χ2v) is 5.49. The molecule has 22 heavy (non-hydrogen) atoms. The number of rotatable bonds is 1. The molecule has 0 fully saturated rings. The van der Waals surface area contributed by atoms with E-state index in [0.717, 1.165) is 5.56 Å². The zero-order chi connectivity index (χ0) is 15.3. The first-order valence-corrected chi connectivity index (χ1v) is 7.10. The van der Waals surface area contributed by atoms with Crippen LogP contribution >= 0.6 is 11.6 Å². The lowest BCUT2D eigenvalue weighted by Gasteiger charge is -2.14. The molecule has 1 aromatic heterocycles. The van der Waals surface area contributed by atoms with Crippen molar-refractivity contribution in [3.05, 3.63) is 75.3 Å². The lowest BCUT2D eigenvalue weighted by molar-refractivity contribution is 0.0956. The highest BCUT2D eigenvalue weighted by Gasteiger charge is 2.32. The molecular weight excluding hydrogens is 302 g/mol. The molecule has 1 N–H and O–H groups in total. The van der Waals surface area contributed by atoms with Gasteiger partial charge in [0.25, 0.3) is 11.5 Å². The summed E-state index contributed by atoms with van der Waals surface area (Å²) in [5, 5.41) is 3.87. The molecule has 0 saturated heterocycles. The molecule has 5 nitrogen and oxygen atoms in total. The van der Waals surface area contributed by atoms with Gasteiger partial charge in [0.2, 0.25) is 5.82 Å². The van der Waals surface area contributed by atoms with Crippen LogP contribution in [0, 0.1) is 0 Å². The number of hydrogen-bond donors (Lipinski definition) is 1. The van der Waals surface area contributed by atoms with E-state index in [4.69, 9.17) is 11.6 Å². The van der Waals surface area contributed by atoms with Gasteiger partial charge in [0, 0.05) is 5.02 Å². The molecule has 3 aromatic rings. The summed E-state index contributed by atoms with van der Waals surface area (Å²) < 4.78 is 1.40. The van der Waals surface area contributed by atoms with Crippen molar-refractivity contribution in [2.75, 3.05) is 0 Å². The zero-order valence-electron chi connectivity index (χ0n) is 11.3. The molecule has 108 valence electrons. The van der Waals surface area contributed by atoms with Crippen molar-refractivity contribution in [1.29, 1.82) is 0 Å². The lowest BCUT2D eigenvalue weighted by atomic mass is 10.1. The van der Waals surface area contributed by atoms with E-state index in [-0.39, 0.29) is 17.3 Å². The van der Waals surface area contributed by atoms with E-state index < -0.39 is 6.17 Å². The highest BCUT2D eigenvalue weighted by Crippen LogP contribution is 2.23. The Morgan fingerprint density at radius 2 is 1.77 bits per heavy atom. The predicted octanol–water partition coefficient (Wildman–Crippen LogP) is 2.34. The van der Waals surface area contributed by atoms with E-state index in [0.29, 0.717) is 15.9 Å². The van der Waals surface area contributed by atoms with Gasteiger partial charge in [-0.3, -0.25) is 14.2 Å². The van der Waals surface area contributed by atoms with Crippen LogP contribution in [0.1, 0.15) is 22.3 Å². The van der Waals surface area contributed by atoms with Gasteiger partial charge in [0.15, 0.2) is 0 Å². The third-order valence-electron chi connectivity index (χ3n) is 3.72. The minimum atomic E-state index is -0.565. The minimum absolute atomic E-state index is 0.128. The van der Waals surface area contributed by atoms with Gasteiger partial charge in [0.1, 0.15) is 6.17 Å². The Kier molecular flexibility index (Phi) is 2.77. The van der Waals surface area contributed by atoms with Crippen LogP contribution in [0.2, 0.25) is 5.02 Å². The second kappa shape index (κ2) is 4.68. The summed E-state index contributed by atoms with van der Waals surface area (Å²) in [6.45, 7) is 0. The summed E-state index contributed by atoms with van der Waals surface area (Å²) in [5.74, 6) is -0.230. The number of carbonyl (C=O) groups excluding carboxylic acids is 1. The number of nitrogens with one attached hydrogen (secondary N) is 1. The van der Waals surface area contributed by atoms with E-state index >= 15 is 0 Å². The van der Waals surface area contributed by atoms with Crippen molar-refractivity contribution in [3.63, 3.8) is 0 Å². The molecule has 1 aliphatic rings. The Morgan fingerprint density at radius 3 is 2.55 bits per heavy atom. The Balaban J connectivity index is 1.99. The molecular formula is C16H10ClN3O2. The van der Waals surface area contributed by atoms with Crippen LogP contribution in [0.25, 0.3) is 10.9 Å². The van der Waals surface area contributed by atoms with Crippen molar-refractivity contribution < 1.29 is 4.79 Å². The Labute approximate surface area is 130 Å². The summed E-state index contributed by atoms with van der Waals surface area (Å²) in [6.07, 6.45) is -0.565. The van der Waals surface area contributed by atoms with Crippen molar-refractivity contribution in [3.8, 4) is 0 Å². The normalized spacial score (nSPS) is 16.6. The maximum atomic E-state index is 12.7. The van der Waals surface area contributed by atoms with Gasteiger partial charge in [-0.25, -0.2) is 4.98 Å². The van der Waals surface area contributed by atoms with Gasteiger partial charge >= 0.3 is 0 Å². The topological polar surface area (TPSA) is 64.0 Å². The van der Waals surface area contributed by atoms with Gasteiger partial charge in [-0.15, -0.1) is 0 Å². The first-order chi connectivity index (χ1) is 10.6. The number of para-hydroxylation sites is 1. The number of fused-ring (bicyclic) bond motifs is 2. The zero-order valence-corrected chi connectivity index (χ0v) is 12.0. The van der Waals surface area contributed by atoms with Gasteiger partial charge in [-0.1, -0.05) is 35.9 Å². The van der Waals surface area contributed by atoms with E-state index in [9.17, 15) is 9.59 Å².